The summed E-state index contributed by atoms with van der Waals surface area (Å²) in [5.41, 5.74) is 0.0544. The second kappa shape index (κ2) is 13.0. The first kappa shape index (κ1) is 27.4. The Bertz CT molecular complexity index is 872. The molecule has 1 aromatic heterocycles. The molecule has 0 radical (unpaired) electrons. The molecule has 32 heavy (non-hydrogen) atoms. The molecule has 2 rings (SSSR count). The van der Waals surface area contributed by atoms with Gasteiger partial charge in [0.25, 0.3) is 0 Å². The summed E-state index contributed by atoms with van der Waals surface area (Å²) in [4.78, 5) is 7.87. The first-order chi connectivity index (χ1) is 14.8. The SMILES string of the molecule is CN=C(NCCNc1ncccc1C(F)(F)F)NCc1cc(OC)c(OC)c(OC)c1.I. The molecule has 0 aliphatic rings. The number of aliphatic imine (C=N–C) groups is 1. The maximum atomic E-state index is 13.0. The highest BCUT2D eigenvalue weighted by Crippen LogP contribution is 2.38. The highest BCUT2D eigenvalue weighted by atomic mass is 127. The maximum absolute atomic E-state index is 13.0. The number of alkyl halides is 3. The lowest BCUT2D eigenvalue weighted by Gasteiger charge is -2.16. The maximum Gasteiger partial charge on any atom is 0.419 e. The molecular weight excluding hydrogens is 542 g/mol. The van der Waals surface area contributed by atoms with E-state index in [1.165, 1.54) is 33.6 Å². The molecule has 12 heteroatoms. The number of pyridine rings is 1. The van der Waals surface area contributed by atoms with E-state index in [0.29, 0.717) is 36.3 Å². The number of guanidine groups is 1. The molecule has 178 valence electrons. The minimum absolute atomic E-state index is 0. The molecule has 0 bridgehead atoms. The molecule has 0 saturated carbocycles. The van der Waals surface area contributed by atoms with E-state index in [4.69, 9.17) is 14.2 Å². The molecule has 8 nitrogen and oxygen atoms in total. The van der Waals surface area contributed by atoms with Crippen LogP contribution in [0.4, 0.5) is 19.0 Å². The lowest BCUT2D eigenvalue weighted by Crippen LogP contribution is -2.39. The van der Waals surface area contributed by atoms with Crippen molar-refractivity contribution in [2.24, 2.45) is 4.99 Å². The van der Waals surface area contributed by atoms with Crippen LogP contribution in [0.15, 0.2) is 35.5 Å². The fraction of sp³-hybridized carbons (Fsp3) is 0.400. The van der Waals surface area contributed by atoms with E-state index in [2.05, 4.69) is 25.9 Å². The van der Waals surface area contributed by atoms with E-state index >= 15 is 0 Å². The van der Waals surface area contributed by atoms with Gasteiger partial charge in [-0.05, 0) is 29.8 Å². The number of aromatic nitrogens is 1. The first-order valence-corrected chi connectivity index (χ1v) is 9.33. The highest BCUT2D eigenvalue weighted by Gasteiger charge is 2.33. The summed E-state index contributed by atoms with van der Waals surface area (Å²) in [6, 6.07) is 5.85. The molecule has 2 aromatic rings. The van der Waals surface area contributed by atoms with Gasteiger partial charge in [-0.15, -0.1) is 24.0 Å². The van der Waals surface area contributed by atoms with Crippen LogP contribution in [0.1, 0.15) is 11.1 Å². The van der Waals surface area contributed by atoms with Crippen molar-refractivity contribution in [2.75, 3.05) is 46.8 Å². The van der Waals surface area contributed by atoms with Gasteiger partial charge < -0.3 is 30.2 Å². The zero-order valence-electron chi connectivity index (χ0n) is 18.2. The van der Waals surface area contributed by atoms with Gasteiger partial charge in [0.15, 0.2) is 17.5 Å². The van der Waals surface area contributed by atoms with E-state index in [-0.39, 0.29) is 36.3 Å². The molecule has 0 spiro atoms. The molecule has 0 unspecified atom stereocenters. The van der Waals surface area contributed by atoms with Gasteiger partial charge in [-0.3, -0.25) is 4.99 Å². The van der Waals surface area contributed by atoms with Gasteiger partial charge in [-0.25, -0.2) is 4.98 Å². The van der Waals surface area contributed by atoms with Crippen molar-refractivity contribution in [1.82, 2.24) is 15.6 Å². The summed E-state index contributed by atoms with van der Waals surface area (Å²) in [6.45, 7) is 0.941. The van der Waals surface area contributed by atoms with Gasteiger partial charge in [0.2, 0.25) is 5.75 Å². The molecule has 0 atom stereocenters. The Labute approximate surface area is 202 Å². The Morgan fingerprint density at radius 3 is 2.22 bits per heavy atom. The van der Waals surface area contributed by atoms with Crippen molar-refractivity contribution >= 4 is 35.8 Å². The summed E-state index contributed by atoms with van der Waals surface area (Å²) in [5, 5.41) is 8.84. The fourth-order valence-corrected chi connectivity index (χ4v) is 2.78. The van der Waals surface area contributed by atoms with Gasteiger partial charge in [-0.2, -0.15) is 13.2 Å². The molecule has 1 heterocycles. The van der Waals surface area contributed by atoms with Crippen LogP contribution >= 0.6 is 24.0 Å². The van der Waals surface area contributed by atoms with Crippen LogP contribution in [-0.4, -0.2) is 52.4 Å². The second-order valence-electron chi connectivity index (χ2n) is 6.21. The molecule has 0 saturated heterocycles. The largest absolute Gasteiger partial charge is 0.493 e. The number of benzene rings is 1. The zero-order chi connectivity index (χ0) is 22.9. The normalized spacial score (nSPS) is 11.3. The van der Waals surface area contributed by atoms with Crippen molar-refractivity contribution in [1.29, 1.82) is 0 Å². The quantitative estimate of drug-likeness (QED) is 0.184. The summed E-state index contributed by atoms with van der Waals surface area (Å²) in [6.07, 6.45) is -3.16. The van der Waals surface area contributed by atoms with Gasteiger partial charge in [0, 0.05) is 32.9 Å². The monoisotopic (exact) mass is 569 g/mol. The lowest BCUT2D eigenvalue weighted by atomic mass is 10.2. The van der Waals surface area contributed by atoms with E-state index in [1.54, 1.807) is 7.05 Å². The van der Waals surface area contributed by atoms with Crippen LogP contribution in [0.5, 0.6) is 17.2 Å². The number of methoxy groups -OCH3 is 3. The number of anilines is 1. The van der Waals surface area contributed by atoms with Gasteiger partial charge in [0.05, 0.1) is 26.9 Å². The third kappa shape index (κ3) is 7.50. The standard InChI is InChI=1S/C20H26F3N5O3.HI/c1-24-19(27-9-8-26-18-14(20(21,22)23)6-5-7-25-18)28-12-13-10-15(29-2)17(31-4)16(11-13)30-3;/h5-7,10-11H,8-9,12H2,1-4H3,(H,25,26)(H2,24,27,28);1H. The fourth-order valence-electron chi connectivity index (χ4n) is 2.78. The Morgan fingerprint density at radius 1 is 1.03 bits per heavy atom. The first-order valence-electron chi connectivity index (χ1n) is 9.33. The van der Waals surface area contributed by atoms with E-state index in [1.807, 2.05) is 12.1 Å². The summed E-state index contributed by atoms with van der Waals surface area (Å²) >= 11 is 0. The zero-order valence-corrected chi connectivity index (χ0v) is 20.5. The molecule has 0 aliphatic heterocycles. The summed E-state index contributed by atoms with van der Waals surface area (Å²) in [7, 11) is 6.20. The highest BCUT2D eigenvalue weighted by molar-refractivity contribution is 14.0. The Morgan fingerprint density at radius 2 is 1.69 bits per heavy atom. The van der Waals surface area contributed by atoms with Crippen molar-refractivity contribution < 1.29 is 27.4 Å². The average molecular weight is 569 g/mol. The van der Waals surface area contributed by atoms with Crippen molar-refractivity contribution in [2.45, 2.75) is 12.7 Å². The number of hydrogen-bond acceptors (Lipinski definition) is 6. The molecular formula is C20H27F3IN5O3. The second-order valence-corrected chi connectivity index (χ2v) is 6.21. The van der Waals surface area contributed by atoms with Crippen LogP contribution in [0.2, 0.25) is 0 Å². The molecule has 1 aromatic carbocycles. The van der Waals surface area contributed by atoms with Crippen LogP contribution in [0, 0.1) is 0 Å². The average Bonchev–Trinajstić information content (AvgIpc) is 2.77. The third-order valence-corrected chi connectivity index (χ3v) is 4.23. The predicted octanol–water partition coefficient (Wildman–Crippen LogP) is 3.52. The molecule has 0 fully saturated rings. The molecule has 0 amide bonds. The smallest absolute Gasteiger partial charge is 0.419 e. The van der Waals surface area contributed by atoms with Gasteiger partial charge in [-0.1, -0.05) is 0 Å². The van der Waals surface area contributed by atoms with Crippen LogP contribution in [0.25, 0.3) is 0 Å². The van der Waals surface area contributed by atoms with Crippen molar-refractivity contribution in [3.63, 3.8) is 0 Å². The Hall–Kier alpha value is -2.64. The van der Waals surface area contributed by atoms with Crippen LogP contribution < -0.4 is 30.2 Å². The number of hydrogen-bond donors (Lipinski definition) is 3. The van der Waals surface area contributed by atoms with E-state index < -0.39 is 11.7 Å². The summed E-state index contributed by atoms with van der Waals surface area (Å²) in [5.74, 6) is 1.82. The number of halogens is 4. The lowest BCUT2D eigenvalue weighted by molar-refractivity contribution is -0.137. The minimum atomic E-state index is -4.47. The number of nitrogens with zero attached hydrogens (tertiary/aromatic N) is 2. The Balaban J connectivity index is 0.00000512. The van der Waals surface area contributed by atoms with E-state index in [0.717, 1.165) is 11.6 Å². The van der Waals surface area contributed by atoms with E-state index in [9.17, 15) is 13.2 Å². The number of nitrogens with one attached hydrogen (secondary N) is 3. The van der Waals surface area contributed by atoms with Gasteiger partial charge >= 0.3 is 6.18 Å². The van der Waals surface area contributed by atoms with Gasteiger partial charge in [0.1, 0.15) is 5.82 Å². The third-order valence-electron chi connectivity index (χ3n) is 4.23. The van der Waals surface area contributed by atoms with Crippen molar-refractivity contribution in [3.8, 4) is 17.2 Å². The predicted molar refractivity (Wildman–Crippen MR) is 127 cm³/mol. The number of rotatable bonds is 9. The molecule has 0 aliphatic carbocycles. The molecule has 3 N–H and O–H groups in total. The Kier molecular flexibility index (Phi) is 11.2. The van der Waals surface area contributed by atoms with Crippen LogP contribution in [0.3, 0.4) is 0 Å². The number of ether oxygens (including phenoxy) is 3. The van der Waals surface area contributed by atoms with Crippen molar-refractivity contribution in [3.05, 3.63) is 41.6 Å². The topological polar surface area (TPSA) is 89.0 Å². The van der Waals surface area contributed by atoms with Crippen LogP contribution in [-0.2, 0) is 12.7 Å². The minimum Gasteiger partial charge on any atom is -0.493 e. The summed E-state index contributed by atoms with van der Waals surface area (Å²) < 4.78 is 55.0.